The molecule has 1 unspecified atom stereocenters. The number of nitriles is 1. The first-order valence-corrected chi connectivity index (χ1v) is 5.58. The summed E-state index contributed by atoms with van der Waals surface area (Å²) in [7, 11) is 0. The van der Waals surface area contributed by atoms with Gasteiger partial charge >= 0.3 is 0 Å². The smallest absolute Gasteiger partial charge is 0.125 e. The van der Waals surface area contributed by atoms with Gasteiger partial charge in [0.05, 0.1) is 34.6 Å². The van der Waals surface area contributed by atoms with Crippen molar-refractivity contribution in [2.45, 2.75) is 13.0 Å². The Morgan fingerprint density at radius 2 is 2.24 bits per heavy atom. The molecule has 1 aromatic heterocycles. The highest BCUT2D eigenvalue weighted by Gasteiger charge is 2.10. The molecule has 0 aliphatic carbocycles. The van der Waals surface area contributed by atoms with E-state index in [0.29, 0.717) is 10.6 Å². The summed E-state index contributed by atoms with van der Waals surface area (Å²) in [5.41, 5.74) is 1.33. The maximum atomic E-state index is 8.74. The van der Waals surface area contributed by atoms with E-state index in [1.54, 1.807) is 24.5 Å². The molecule has 0 fully saturated rings. The lowest BCUT2D eigenvalue weighted by molar-refractivity contribution is 0.490. The Bertz CT molecular complexity index is 543. The minimum absolute atomic E-state index is 0.0236. The zero-order valence-electron chi connectivity index (χ0n) is 9.27. The molecular weight excluding hydrogens is 236 g/mol. The summed E-state index contributed by atoms with van der Waals surface area (Å²) >= 11 is 6.07. The van der Waals surface area contributed by atoms with Crippen molar-refractivity contribution in [2.75, 3.05) is 5.32 Å². The van der Waals surface area contributed by atoms with Gasteiger partial charge in [0.1, 0.15) is 5.76 Å². The molecular formula is C13H11ClN2O. The first kappa shape index (κ1) is 11.6. The molecule has 1 atom stereocenters. The lowest BCUT2D eigenvalue weighted by Crippen LogP contribution is -2.05. The first-order chi connectivity index (χ1) is 8.20. The number of nitrogens with zero attached hydrogens (tertiary/aromatic N) is 1. The molecule has 0 aliphatic heterocycles. The Kier molecular flexibility index (Phi) is 3.36. The SMILES string of the molecule is CC(Nc1ccc(C#N)cc1Cl)c1ccco1. The van der Waals surface area contributed by atoms with Gasteiger partial charge in [-0.25, -0.2) is 0 Å². The second kappa shape index (κ2) is 4.94. The second-order valence-corrected chi connectivity index (χ2v) is 4.10. The summed E-state index contributed by atoms with van der Waals surface area (Å²) in [6, 6.07) is 11.0. The molecule has 2 rings (SSSR count). The van der Waals surface area contributed by atoms with E-state index in [2.05, 4.69) is 5.32 Å². The molecule has 0 aliphatic rings. The maximum Gasteiger partial charge on any atom is 0.125 e. The van der Waals surface area contributed by atoms with Gasteiger partial charge in [-0.1, -0.05) is 11.6 Å². The molecule has 17 heavy (non-hydrogen) atoms. The molecule has 0 saturated heterocycles. The molecule has 0 saturated carbocycles. The summed E-state index contributed by atoms with van der Waals surface area (Å²) in [4.78, 5) is 0. The summed E-state index contributed by atoms with van der Waals surface area (Å²) < 4.78 is 5.29. The van der Waals surface area contributed by atoms with E-state index in [1.165, 1.54) is 0 Å². The molecule has 2 aromatic rings. The Balaban J connectivity index is 2.17. The van der Waals surface area contributed by atoms with Gasteiger partial charge in [-0.3, -0.25) is 0 Å². The van der Waals surface area contributed by atoms with Crippen LogP contribution in [0.3, 0.4) is 0 Å². The average Bonchev–Trinajstić information content (AvgIpc) is 2.85. The van der Waals surface area contributed by atoms with Gasteiger partial charge < -0.3 is 9.73 Å². The molecule has 0 bridgehead atoms. The number of halogens is 1. The van der Waals surface area contributed by atoms with Gasteiger partial charge in [-0.2, -0.15) is 5.26 Å². The molecule has 0 radical (unpaired) electrons. The minimum Gasteiger partial charge on any atom is -0.467 e. The van der Waals surface area contributed by atoms with Crippen LogP contribution in [0.1, 0.15) is 24.3 Å². The summed E-state index contributed by atoms with van der Waals surface area (Å²) in [6.45, 7) is 1.98. The number of rotatable bonds is 3. The third-order valence-corrected chi connectivity index (χ3v) is 2.75. The maximum absolute atomic E-state index is 8.74. The van der Waals surface area contributed by atoms with Gasteiger partial charge in [-0.15, -0.1) is 0 Å². The van der Waals surface area contributed by atoms with Crippen molar-refractivity contribution in [3.8, 4) is 6.07 Å². The van der Waals surface area contributed by atoms with E-state index < -0.39 is 0 Å². The number of anilines is 1. The highest BCUT2D eigenvalue weighted by atomic mass is 35.5. The third kappa shape index (κ3) is 2.61. The van der Waals surface area contributed by atoms with Crippen molar-refractivity contribution in [1.29, 1.82) is 5.26 Å². The quantitative estimate of drug-likeness (QED) is 0.891. The fraction of sp³-hybridized carbons (Fsp3) is 0.154. The van der Waals surface area contributed by atoms with Gasteiger partial charge in [0.25, 0.3) is 0 Å². The monoisotopic (exact) mass is 246 g/mol. The van der Waals surface area contributed by atoms with Crippen LogP contribution >= 0.6 is 11.6 Å². The van der Waals surface area contributed by atoms with Gasteiger partial charge in [-0.05, 0) is 37.3 Å². The lowest BCUT2D eigenvalue weighted by atomic mass is 10.2. The van der Waals surface area contributed by atoms with Crippen molar-refractivity contribution in [3.05, 3.63) is 52.9 Å². The van der Waals surface area contributed by atoms with E-state index in [1.807, 2.05) is 25.1 Å². The van der Waals surface area contributed by atoms with E-state index in [4.69, 9.17) is 21.3 Å². The van der Waals surface area contributed by atoms with Crippen LogP contribution in [0, 0.1) is 11.3 Å². The largest absolute Gasteiger partial charge is 0.467 e. The van der Waals surface area contributed by atoms with Crippen molar-refractivity contribution in [1.82, 2.24) is 0 Å². The van der Waals surface area contributed by atoms with Gasteiger partial charge in [0, 0.05) is 0 Å². The Labute approximate surface area is 105 Å². The molecule has 0 amide bonds. The van der Waals surface area contributed by atoms with Crippen LogP contribution in [0.5, 0.6) is 0 Å². The first-order valence-electron chi connectivity index (χ1n) is 5.20. The molecule has 1 aromatic carbocycles. The van der Waals surface area contributed by atoms with Gasteiger partial charge in [0.15, 0.2) is 0 Å². The van der Waals surface area contributed by atoms with Crippen molar-refractivity contribution in [2.24, 2.45) is 0 Å². The highest BCUT2D eigenvalue weighted by molar-refractivity contribution is 6.33. The van der Waals surface area contributed by atoms with Crippen LogP contribution in [0.4, 0.5) is 5.69 Å². The number of furan rings is 1. The Morgan fingerprint density at radius 1 is 1.41 bits per heavy atom. The van der Waals surface area contributed by atoms with E-state index in [0.717, 1.165) is 11.4 Å². The number of nitrogens with one attached hydrogen (secondary N) is 1. The summed E-state index contributed by atoms with van der Waals surface area (Å²) in [5.74, 6) is 0.838. The van der Waals surface area contributed by atoms with Crippen LogP contribution < -0.4 is 5.32 Å². The molecule has 0 spiro atoms. The van der Waals surface area contributed by atoms with Crippen LogP contribution in [-0.2, 0) is 0 Å². The van der Waals surface area contributed by atoms with E-state index in [9.17, 15) is 0 Å². The van der Waals surface area contributed by atoms with Crippen molar-refractivity contribution in [3.63, 3.8) is 0 Å². The fourth-order valence-corrected chi connectivity index (χ4v) is 1.78. The Morgan fingerprint density at radius 3 is 2.82 bits per heavy atom. The molecule has 3 nitrogen and oxygen atoms in total. The van der Waals surface area contributed by atoms with Crippen LogP contribution in [0.15, 0.2) is 41.0 Å². The van der Waals surface area contributed by atoms with E-state index in [-0.39, 0.29) is 6.04 Å². The van der Waals surface area contributed by atoms with Gasteiger partial charge in [0.2, 0.25) is 0 Å². The number of hydrogen-bond donors (Lipinski definition) is 1. The number of benzene rings is 1. The predicted octanol–water partition coefficient (Wildman–Crippen LogP) is 3.98. The Hall–Kier alpha value is -1.92. The van der Waals surface area contributed by atoms with Crippen LogP contribution in [0.2, 0.25) is 5.02 Å². The summed E-state index contributed by atoms with van der Waals surface area (Å²) in [6.07, 6.45) is 1.63. The normalized spacial score (nSPS) is 11.8. The predicted molar refractivity (Wildman–Crippen MR) is 66.9 cm³/mol. The minimum atomic E-state index is 0.0236. The van der Waals surface area contributed by atoms with E-state index >= 15 is 0 Å². The zero-order chi connectivity index (χ0) is 12.3. The third-order valence-electron chi connectivity index (χ3n) is 2.44. The molecule has 1 N–H and O–H groups in total. The van der Waals surface area contributed by atoms with Crippen LogP contribution in [0.25, 0.3) is 0 Å². The average molecular weight is 247 g/mol. The fourth-order valence-electron chi connectivity index (χ4n) is 1.54. The molecule has 86 valence electrons. The lowest BCUT2D eigenvalue weighted by Gasteiger charge is -2.14. The standard InChI is InChI=1S/C13H11ClN2O/c1-9(13-3-2-6-17-13)16-12-5-4-10(8-15)7-11(12)14/h2-7,9,16H,1H3. The topological polar surface area (TPSA) is 49.0 Å². The number of hydrogen-bond acceptors (Lipinski definition) is 3. The highest BCUT2D eigenvalue weighted by Crippen LogP contribution is 2.27. The van der Waals surface area contributed by atoms with Crippen LogP contribution in [-0.4, -0.2) is 0 Å². The van der Waals surface area contributed by atoms with Crippen molar-refractivity contribution < 1.29 is 4.42 Å². The second-order valence-electron chi connectivity index (χ2n) is 3.69. The molecule has 1 heterocycles. The zero-order valence-corrected chi connectivity index (χ0v) is 10.0. The van der Waals surface area contributed by atoms with Crippen molar-refractivity contribution >= 4 is 17.3 Å². The molecule has 4 heteroatoms. The summed E-state index contributed by atoms with van der Waals surface area (Å²) in [5, 5.41) is 12.5.